The number of nitrogens with zero attached hydrogens (tertiary/aromatic N) is 2. The predicted octanol–water partition coefficient (Wildman–Crippen LogP) is 1.26. The first kappa shape index (κ1) is 17.0. The maximum Gasteiger partial charge on any atom is 0.234 e. The number of amides is 2. The zero-order valence-electron chi connectivity index (χ0n) is 13.7. The molecule has 2 aliphatic rings. The fraction of sp³-hybridized carbons (Fsp3) is 0.765. The summed E-state index contributed by atoms with van der Waals surface area (Å²) in [6, 6.07) is 0. The second-order valence-corrected chi connectivity index (χ2v) is 6.65. The van der Waals surface area contributed by atoms with Crippen LogP contribution in [0.15, 0.2) is 12.7 Å². The number of piperidine rings is 2. The van der Waals surface area contributed by atoms with Gasteiger partial charge in [-0.05, 0) is 44.7 Å². The molecule has 0 saturated carbocycles. The minimum atomic E-state index is 0.0368. The maximum absolute atomic E-state index is 12.5. The SMILES string of the molecule is C=CCNC(=O)CN1CCC(C(=O)N2CCC(C)CC2)CC1. The van der Waals surface area contributed by atoms with Crippen molar-refractivity contribution in [3.8, 4) is 0 Å². The van der Waals surface area contributed by atoms with Gasteiger partial charge < -0.3 is 10.2 Å². The minimum Gasteiger partial charge on any atom is -0.352 e. The van der Waals surface area contributed by atoms with Crippen molar-refractivity contribution in [1.29, 1.82) is 0 Å². The molecule has 0 unspecified atom stereocenters. The summed E-state index contributed by atoms with van der Waals surface area (Å²) in [5.41, 5.74) is 0. The Hall–Kier alpha value is -1.36. The second kappa shape index (κ2) is 8.32. The average Bonchev–Trinajstić information content (AvgIpc) is 2.54. The van der Waals surface area contributed by atoms with Crippen LogP contribution in [0.2, 0.25) is 0 Å². The minimum absolute atomic E-state index is 0.0368. The number of carbonyl (C=O) groups excluding carboxylic acids is 2. The Kier molecular flexibility index (Phi) is 6.43. The van der Waals surface area contributed by atoms with E-state index in [-0.39, 0.29) is 11.8 Å². The molecule has 0 aliphatic carbocycles. The molecule has 0 spiro atoms. The predicted molar refractivity (Wildman–Crippen MR) is 87.3 cm³/mol. The Morgan fingerprint density at radius 2 is 1.77 bits per heavy atom. The van der Waals surface area contributed by atoms with Crippen molar-refractivity contribution >= 4 is 11.8 Å². The molecule has 0 bridgehead atoms. The van der Waals surface area contributed by atoms with Gasteiger partial charge in [0.1, 0.15) is 0 Å². The molecule has 2 amide bonds. The molecule has 2 fully saturated rings. The van der Waals surface area contributed by atoms with Crippen LogP contribution in [0, 0.1) is 11.8 Å². The summed E-state index contributed by atoms with van der Waals surface area (Å²) in [5.74, 6) is 1.28. The van der Waals surface area contributed by atoms with Crippen LogP contribution in [0.3, 0.4) is 0 Å². The highest BCUT2D eigenvalue weighted by Gasteiger charge is 2.30. The van der Waals surface area contributed by atoms with Crippen molar-refractivity contribution in [3.05, 3.63) is 12.7 Å². The molecule has 0 aromatic heterocycles. The van der Waals surface area contributed by atoms with Crippen molar-refractivity contribution in [1.82, 2.24) is 15.1 Å². The van der Waals surface area contributed by atoms with Crippen molar-refractivity contribution < 1.29 is 9.59 Å². The van der Waals surface area contributed by atoms with Crippen LogP contribution in [0.25, 0.3) is 0 Å². The van der Waals surface area contributed by atoms with Gasteiger partial charge >= 0.3 is 0 Å². The van der Waals surface area contributed by atoms with Crippen molar-refractivity contribution in [2.45, 2.75) is 32.6 Å². The van der Waals surface area contributed by atoms with Crippen molar-refractivity contribution in [2.24, 2.45) is 11.8 Å². The van der Waals surface area contributed by atoms with E-state index in [9.17, 15) is 9.59 Å². The first-order chi connectivity index (χ1) is 10.6. The molecule has 0 aromatic carbocycles. The fourth-order valence-electron chi connectivity index (χ4n) is 3.27. The van der Waals surface area contributed by atoms with Gasteiger partial charge in [-0.2, -0.15) is 0 Å². The molecule has 1 N–H and O–H groups in total. The normalized spacial score (nSPS) is 21.6. The summed E-state index contributed by atoms with van der Waals surface area (Å²) in [6.07, 6.45) is 5.70. The van der Waals surface area contributed by atoms with Gasteiger partial charge in [0, 0.05) is 25.6 Å². The first-order valence-corrected chi connectivity index (χ1v) is 8.49. The highest BCUT2D eigenvalue weighted by Crippen LogP contribution is 2.23. The molecular formula is C17H29N3O2. The average molecular weight is 307 g/mol. The molecule has 2 heterocycles. The highest BCUT2D eigenvalue weighted by atomic mass is 16.2. The zero-order valence-corrected chi connectivity index (χ0v) is 13.7. The van der Waals surface area contributed by atoms with Gasteiger partial charge in [0.05, 0.1) is 6.54 Å². The van der Waals surface area contributed by atoms with E-state index < -0.39 is 0 Å². The Balaban J connectivity index is 1.71. The summed E-state index contributed by atoms with van der Waals surface area (Å²) in [6.45, 7) is 10.3. The standard InChI is InChI=1S/C17H29N3O2/c1-3-8-18-16(21)13-19-9-6-15(7-10-19)17(22)20-11-4-14(2)5-12-20/h3,14-15H,1,4-13H2,2H3,(H,18,21). The number of rotatable bonds is 5. The molecule has 2 rings (SSSR count). The Bertz CT molecular complexity index is 395. The molecule has 5 nitrogen and oxygen atoms in total. The van der Waals surface area contributed by atoms with Crippen molar-refractivity contribution in [2.75, 3.05) is 39.3 Å². The lowest BCUT2D eigenvalue weighted by Crippen LogP contribution is -2.47. The molecule has 2 saturated heterocycles. The van der Waals surface area contributed by atoms with Gasteiger partial charge in [-0.15, -0.1) is 6.58 Å². The molecule has 124 valence electrons. The number of likely N-dealkylation sites (tertiary alicyclic amines) is 2. The fourth-order valence-corrected chi connectivity index (χ4v) is 3.27. The van der Waals surface area contributed by atoms with E-state index in [1.165, 1.54) is 0 Å². The van der Waals surface area contributed by atoms with Crippen LogP contribution in [0.1, 0.15) is 32.6 Å². The summed E-state index contributed by atoms with van der Waals surface area (Å²) in [7, 11) is 0. The van der Waals surface area contributed by atoms with E-state index in [2.05, 4.69) is 28.6 Å². The lowest BCUT2D eigenvalue weighted by molar-refractivity contribution is -0.138. The maximum atomic E-state index is 12.5. The largest absolute Gasteiger partial charge is 0.352 e. The second-order valence-electron chi connectivity index (χ2n) is 6.65. The molecule has 0 radical (unpaired) electrons. The number of nitrogens with one attached hydrogen (secondary N) is 1. The monoisotopic (exact) mass is 307 g/mol. The molecular weight excluding hydrogens is 278 g/mol. The number of hydrogen-bond acceptors (Lipinski definition) is 3. The topological polar surface area (TPSA) is 52.7 Å². The van der Waals surface area contributed by atoms with Crippen LogP contribution in [0.5, 0.6) is 0 Å². The lowest BCUT2D eigenvalue weighted by atomic mass is 9.92. The van der Waals surface area contributed by atoms with Gasteiger partial charge in [0.25, 0.3) is 0 Å². The molecule has 0 atom stereocenters. The third-order valence-corrected chi connectivity index (χ3v) is 4.84. The highest BCUT2D eigenvalue weighted by molar-refractivity contribution is 5.79. The zero-order chi connectivity index (χ0) is 15.9. The Labute approximate surface area is 133 Å². The Morgan fingerprint density at radius 1 is 1.14 bits per heavy atom. The van der Waals surface area contributed by atoms with E-state index >= 15 is 0 Å². The van der Waals surface area contributed by atoms with Gasteiger partial charge in [-0.3, -0.25) is 14.5 Å². The van der Waals surface area contributed by atoms with Gasteiger partial charge in [-0.25, -0.2) is 0 Å². The van der Waals surface area contributed by atoms with Gasteiger partial charge in [0.2, 0.25) is 11.8 Å². The van der Waals surface area contributed by atoms with Crippen LogP contribution in [-0.2, 0) is 9.59 Å². The lowest BCUT2D eigenvalue weighted by Gasteiger charge is -2.36. The number of carbonyl (C=O) groups is 2. The third-order valence-electron chi connectivity index (χ3n) is 4.84. The first-order valence-electron chi connectivity index (χ1n) is 8.49. The molecule has 22 heavy (non-hydrogen) atoms. The van der Waals surface area contributed by atoms with E-state index in [1.807, 2.05) is 0 Å². The van der Waals surface area contributed by atoms with E-state index in [1.54, 1.807) is 6.08 Å². The summed E-state index contributed by atoms with van der Waals surface area (Å²) < 4.78 is 0. The summed E-state index contributed by atoms with van der Waals surface area (Å²) in [4.78, 5) is 28.4. The molecule has 2 aliphatic heterocycles. The van der Waals surface area contributed by atoms with Crippen LogP contribution in [0.4, 0.5) is 0 Å². The van der Waals surface area contributed by atoms with Crippen LogP contribution < -0.4 is 5.32 Å². The van der Waals surface area contributed by atoms with Crippen molar-refractivity contribution in [3.63, 3.8) is 0 Å². The Morgan fingerprint density at radius 3 is 2.36 bits per heavy atom. The van der Waals surface area contributed by atoms with Crippen LogP contribution in [-0.4, -0.2) is 60.9 Å². The summed E-state index contributed by atoms with van der Waals surface area (Å²) >= 11 is 0. The quantitative estimate of drug-likeness (QED) is 0.778. The van der Waals surface area contributed by atoms with Gasteiger partial charge in [-0.1, -0.05) is 13.0 Å². The van der Waals surface area contributed by atoms with E-state index in [0.717, 1.165) is 57.8 Å². The molecule has 5 heteroatoms. The van der Waals surface area contributed by atoms with Gasteiger partial charge in [0.15, 0.2) is 0 Å². The smallest absolute Gasteiger partial charge is 0.234 e. The number of hydrogen-bond donors (Lipinski definition) is 1. The van der Waals surface area contributed by atoms with E-state index in [4.69, 9.17) is 0 Å². The molecule has 0 aromatic rings. The summed E-state index contributed by atoms with van der Waals surface area (Å²) in [5, 5.41) is 2.80. The third kappa shape index (κ3) is 4.83. The van der Waals surface area contributed by atoms with Crippen LogP contribution >= 0.6 is 0 Å². The van der Waals surface area contributed by atoms with E-state index in [0.29, 0.717) is 19.0 Å².